The standard InChI is InChI=1S/C11H15F5O2S/c1-8(2)11(7-17)9-3-5-10(6-4-9)18-19(12,13,14,15)16/h3-6,8,11,17H,7H2,1-2H3. The molecule has 0 aliphatic heterocycles. The van der Waals surface area contributed by atoms with Gasteiger partial charge in [0.05, 0.1) is 6.61 Å². The van der Waals surface area contributed by atoms with Gasteiger partial charge in [-0.3, -0.25) is 0 Å². The van der Waals surface area contributed by atoms with Crippen molar-refractivity contribution in [1.29, 1.82) is 0 Å². The van der Waals surface area contributed by atoms with Crippen LogP contribution in [-0.2, 0) is 0 Å². The Labute approximate surface area is 108 Å². The largest absolute Gasteiger partial charge is 0.435 e. The molecule has 0 aromatic heterocycles. The molecule has 1 rings (SSSR count). The molecule has 112 valence electrons. The molecular weight excluding hydrogens is 291 g/mol. The highest BCUT2D eigenvalue weighted by Crippen LogP contribution is 2.97. The quantitative estimate of drug-likeness (QED) is 0.775. The molecule has 1 atom stereocenters. The van der Waals surface area contributed by atoms with E-state index in [-0.39, 0.29) is 18.4 Å². The highest BCUT2D eigenvalue weighted by atomic mass is 32.5. The van der Waals surface area contributed by atoms with E-state index >= 15 is 0 Å². The van der Waals surface area contributed by atoms with E-state index in [9.17, 15) is 19.4 Å². The summed E-state index contributed by atoms with van der Waals surface area (Å²) < 4.78 is 63.4. The Hall–Kier alpha value is -1.02. The third kappa shape index (κ3) is 5.65. The first-order valence-corrected chi connectivity index (χ1v) is 7.34. The minimum atomic E-state index is -9.92. The first kappa shape index (κ1) is 16.0. The van der Waals surface area contributed by atoms with Crippen molar-refractivity contribution in [3.63, 3.8) is 0 Å². The van der Waals surface area contributed by atoms with Gasteiger partial charge in [0, 0.05) is 5.92 Å². The van der Waals surface area contributed by atoms with E-state index in [4.69, 9.17) is 5.11 Å². The molecule has 0 heterocycles. The Balaban J connectivity index is 2.95. The number of halogens is 5. The van der Waals surface area contributed by atoms with Crippen molar-refractivity contribution in [2.75, 3.05) is 6.61 Å². The van der Waals surface area contributed by atoms with Gasteiger partial charge in [0.1, 0.15) is 5.75 Å². The molecule has 1 N–H and O–H groups in total. The van der Waals surface area contributed by atoms with E-state index in [1.807, 2.05) is 13.8 Å². The average Bonchev–Trinajstić information content (AvgIpc) is 2.16. The summed E-state index contributed by atoms with van der Waals surface area (Å²) in [4.78, 5) is 0. The lowest BCUT2D eigenvalue weighted by Gasteiger charge is -2.39. The van der Waals surface area contributed by atoms with Crippen LogP contribution in [0.25, 0.3) is 0 Å². The molecule has 0 bridgehead atoms. The average molecular weight is 306 g/mol. The predicted octanol–water partition coefficient (Wildman–Crippen LogP) is 5.01. The third-order valence-corrected chi connectivity index (χ3v) is 3.07. The monoisotopic (exact) mass is 306 g/mol. The van der Waals surface area contributed by atoms with E-state index in [0.717, 1.165) is 12.1 Å². The summed E-state index contributed by atoms with van der Waals surface area (Å²) in [7, 11) is -9.92. The van der Waals surface area contributed by atoms with Gasteiger partial charge in [0.2, 0.25) is 0 Å². The molecule has 0 fully saturated rings. The summed E-state index contributed by atoms with van der Waals surface area (Å²) in [6.07, 6.45) is 0. The van der Waals surface area contributed by atoms with Crippen molar-refractivity contribution in [3.8, 4) is 5.75 Å². The summed E-state index contributed by atoms with van der Waals surface area (Å²) in [5, 5.41) is 9.16. The van der Waals surface area contributed by atoms with Crippen LogP contribution in [-0.4, -0.2) is 11.7 Å². The van der Waals surface area contributed by atoms with Gasteiger partial charge in [-0.1, -0.05) is 45.4 Å². The first-order chi connectivity index (χ1) is 8.31. The van der Waals surface area contributed by atoms with Gasteiger partial charge in [-0.2, -0.15) is 0 Å². The van der Waals surface area contributed by atoms with Crippen molar-refractivity contribution < 1.29 is 28.7 Å². The van der Waals surface area contributed by atoms with E-state index in [2.05, 4.69) is 4.18 Å². The van der Waals surface area contributed by atoms with Crippen molar-refractivity contribution in [2.45, 2.75) is 19.8 Å². The number of rotatable bonds is 5. The minimum Gasteiger partial charge on any atom is -0.396 e. The normalized spacial score (nSPS) is 17.7. The van der Waals surface area contributed by atoms with Gasteiger partial charge in [-0.25, -0.2) is 0 Å². The SMILES string of the molecule is CC(C)C(CO)c1ccc(OS(F)(F)(F)(F)F)cc1. The smallest absolute Gasteiger partial charge is 0.396 e. The van der Waals surface area contributed by atoms with Crippen LogP contribution in [0, 0.1) is 5.92 Å². The summed E-state index contributed by atoms with van der Waals surface area (Å²) in [5.41, 5.74) is 0.562. The second-order valence-corrected chi connectivity index (χ2v) is 6.55. The minimum absolute atomic E-state index is 0.0624. The van der Waals surface area contributed by atoms with Crippen molar-refractivity contribution in [2.24, 2.45) is 5.92 Å². The summed E-state index contributed by atoms with van der Waals surface area (Å²) in [6.45, 7) is 3.49. The highest BCUT2D eigenvalue weighted by molar-refractivity contribution is 8.42. The number of aliphatic hydroxyl groups excluding tert-OH is 1. The molecule has 1 aromatic rings. The maximum Gasteiger partial charge on any atom is 0.435 e. The molecule has 0 saturated carbocycles. The van der Waals surface area contributed by atoms with Gasteiger partial charge in [0.25, 0.3) is 0 Å². The Morgan fingerprint density at radius 1 is 1.05 bits per heavy atom. The number of benzene rings is 1. The molecule has 0 spiro atoms. The van der Waals surface area contributed by atoms with Gasteiger partial charge >= 0.3 is 10.5 Å². The fourth-order valence-corrected chi connectivity index (χ4v) is 2.13. The van der Waals surface area contributed by atoms with Crippen LogP contribution in [0.3, 0.4) is 0 Å². The van der Waals surface area contributed by atoms with Crippen LogP contribution in [0.5, 0.6) is 5.75 Å². The lowest BCUT2D eigenvalue weighted by Crippen LogP contribution is -2.14. The van der Waals surface area contributed by atoms with Crippen LogP contribution in [0.4, 0.5) is 19.4 Å². The van der Waals surface area contributed by atoms with Crippen molar-refractivity contribution >= 4 is 10.5 Å². The van der Waals surface area contributed by atoms with Gasteiger partial charge in [-0.05, 0) is 23.6 Å². The maximum absolute atomic E-state index is 12.1. The third-order valence-electron chi connectivity index (χ3n) is 2.56. The Morgan fingerprint density at radius 2 is 1.53 bits per heavy atom. The van der Waals surface area contributed by atoms with Gasteiger partial charge in [-0.15, -0.1) is 0 Å². The fraction of sp³-hybridized carbons (Fsp3) is 0.455. The van der Waals surface area contributed by atoms with Gasteiger partial charge < -0.3 is 9.29 Å². The van der Waals surface area contributed by atoms with Crippen LogP contribution < -0.4 is 4.18 Å². The Kier molecular flexibility index (Phi) is 3.58. The second kappa shape index (κ2) is 4.24. The van der Waals surface area contributed by atoms with Crippen LogP contribution >= 0.6 is 10.5 Å². The van der Waals surface area contributed by atoms with Crippen LogP contribution in [0.15, 0.2) is 24.3 Å². The molecule has 0 saturated heterocycles. The molecule has 1 unspecified atom stereocenters. The molecule has 2 nitrogen and oxygen atoms in total. The molecular formula is C11H15F5O2S. The number of hydrogen-bond acceptors (Lipinski definition) is 2. The van der Waals surface area contributed by atoms with Crippen molar-refractivity contribution in [3.05, 3.63) is 29.8 Å². The highest BCUT2D eigenvalue weighted by Gasteiger charge is 2.67. The molecule has 1 aromatic carbocycles. The van der Waals surface area contributed by atoms with Crippen LogP contribution in [0.1, 0.15) is 25.3 Å². The molecule has 0 amide bonds. The van der Waals surface area contributed by atoms with E-state index in [0.29, 0.717) is 5.56 Å². The second-order valence-electron chi connectivity index (χ2n) is 4.58. The topological polar surface area (TPSA) is 29.5 Å². The molecule has 0 aliphatic rings. The molecule has 8 heteroatoms. The van der Waals surface area contributed by atoms with Crippen molar-refractivity contribution in [1.82, 2.24) is 0 Å². The maximum atomic E-state index is 12.1. The summed E-state index contributed by atoms with van der Waals surface area (Å²) in [5.74, 6) is -1.18. The van der Waals surface area contributed by atoms with E-state index in [1.54, 1.807) is 0 Å². The molecule has 0 aliphatic carbocycles. The number of aliphatic hydroxyl groups is 1. The fourth-order valence-electron chi connectivity index (χ4n) is 1.65. The zero-order valence-corrected chi connectivity index (χ0v) is 11.1. The Bertz CT molecular complexity index is 440. The molecule has 19 heavy (non-hydrogen) atoms. The predicted molar refractivity (Wildman–Crippen MR) is 64.9 cm³/mol. The van der Waals surface area contributed by atoms with E-state index in [1.165, 1.54) is 12.1 Å². The summed E-state index contributed by atoms with van der Waals surface area (Å²) >= 11 is 0. The lowest BCUT2D eigenvalue weighted by atomic mass is 9.89. The zero-order valence-electron chi connectivity index (χ0n) is 10.3. The number of hydrogen-bond donors (Lipinski definition) is 1. The molecule has 0 radical (unpaired) electrons. The first-order valence-electron chi connectivity index (χ1n) is 5.46. The van der Waals surface area contributed by atoms with Gasteiger partial charge in [0.15, 0.2) is 0 Å². The lowest BCUT2D eigenvalue weighted by molar-refractivity contribution is 0.236. The van der Waals surface area contributed by atoms with Crippen LogP contribution in [0.2, 0.25) is 0 Å². The zero-order chi connectivity index (χ0) is 15.0. The summed E-state index contributed by atoms with van der Waals surface area (Å²) in [6, 6.07) is 4.11. The van der Waals surface area contributed by atoms with E-state index < -0.39 is 16.3 Å². The Morgan fingerprint density at radius 3 is 1.84 bits per heavy atom.